The zero-order valence-corrected chi connectivity index (χ0v) is 21.8. The van der Waals surface area contributed by atoms with Crippen LogP contribution in [-0.4, -0.2) is 31.7 Å². The predicted octanol–water partition coefficient (Wildman–Crippen LogP) is 5.35. The molecule has 0 aliphatic carbocycles. The van der Waals surface area contributed by atoms with Crippen molar-refractivity contribution in [3.05, 3.63) is 93.3 Å². The second-order valence-corrected chi connectivity index (χ2v) is 9.27. The molecule has 7 nitrogen and oxygen atoms in total. The van der Waals surface area contributed by atoms with Gasteiger partial charge < -0.3 is 13.9 Å². The van der Waals surface area contributed by atoms with Gasteiger partial charge in [-0.2, -0.15) is 0 Å². The van der Waals surface area contributed by atoms with Crippen LogP contribution in [0.15, 0.2) is 59.4 Å². The van der Waals surface area contributed by atoms with Gasteiger partial charge in [-0.05, 0) is 55.0 Å². The molecule has 3 heterocycles. The first-order valence-electron chi connectivity index (χ1n) is 12.6. The van der Waals surface area contributed by atoms with Gasteiger partial charge in [-0.25, -0.2) is 14.8 Å². The van der Waals surface area contributed by atoms with Gasteiger partial charge in [-0.15, -0.1) is 0 Å². The van der Waals surface area contributed by atoms with Crippen LogP contribution >= 0.6 is 0 Å². The molecule has 0 atom stereocenters. The molecular weight excluding hydrogens is 464 g/mol. The van der Waals surface area contributed by atoms with Crippen LogP contribution in [-0.2, 0) is 24.8 Å². The van der Waals surface area contributed by atoms with E-state index in [-0.39, 0.29) is 17.9 Å². The van der Waals surface area contributed by atoms with Crippen LogP contribution in [0.2, 0.25) is 0 Å². The zero-order valence-electron chi connectivity index (χ0n) is 21.8. The molecular formula is C30H30N4O3. The maximum Gasteiger partial charge on any atom is 0.355 e. The van der Waals surface area contributed by atoms with E-state index in [4.69, 9.17) is 14.7 Å². The summed E-state index contributed by atoms with van der Waals surface area (Å²) in [7, 11) is 1.62. The molecule has 3 aromatic heterocycles. The minimum Gasteiger partial charge on any atom is -0.461 e. The Morgan fingerprint density at radius 3 is 2.35 bits per heavy atom. The van der Waals surface area contributed by atoms with E-state index < -0.39 is 5.97 Å². The Bertz CT molecular complexity index is 1710. The highest BCUT2D eigenvalue weighted by atomic mass is 16.5. The number of hydrogen-bond donors (Lipinski definition) is 0. The number of pyridine rings is 2. The molecule has 7 heteroatoms. The Balaban J connectivity index is 1.63. The number of aryl methyl sites for hydroxylation is 3. The molecule has 0 saturated carbocycles. The van der Waals surface area contributed by atoms with Crippen molar-refractivity contribution in [2.45, 2.75) is 40.7 Å². The van der Waals surface area contributed by atoms with Gasteiger partial charge in [0.2, 0.25) is 0 Å². The third kappa shape index (κ3) is 4.20. The molecule has 0 unspecified atom stereocenters. The van der Waals surface area contributed by atoms with Crippen LogP contribution in [0.3, 0.4) is 0 Å². The smallest absolute Gasteiger partial charge is 0.355 e. The largest absolute Gasteiger partial charge is 0.461 e. The minimum atomic E-state index is -0.513. The fourth-order valence-corrected chi connectivity index (χ4v) is 5.04. The van der Waals surface area contributed by atoms with Gasteiger partial charge in [0.05, 0.1) is 13.2 Å². The molecule has 0 spiro atoms. The summed E-state index contributed by atoms with van der Waals surface area (Å²) in [6.07, 6.45) is 0.805. The molecule has 0 N–H and O–H groups in total. The van der Waals surface area contributed by atoms with Crippen LogP contribution in [0.5, 0.6) is 0 Å². The topological polar surface area (TPSA) is 79.0 Å². The summed E-state index contributed by atoms with van der Waals surface area (Å²) in [6.45, 7) is 8.79. The van der Waals surface area contributed by atoms with Crippen molar-refractivity contribution in [2.75, 3.05) is 6.61 Å². The Morgan fingerprint density at radius 2 is 1.68 bits per heavy atom. The third-order valence-corrected chi connectivity index (χ3v) is 6.77. The lowest BCUT2D eigenvalue weighted by Gasteiger charge is -2.17. The molecule has 0 amide bonds. The monoisotopic (exact) mass is 494 g/mol. The number of nitrogens with zero attached hydrogens (tertiary/aromatic N) is 4. The second kappa shape index (κ2) is 9.65. The van der Waals surface area contributed by atoms with Crippen molar-refractivity contribution in [2.24, 2.45) is 7.05 Å². The highest BCUT2D eigenvalue weighted by Crippen LogP contribution is 2.31. The lowest BCUT2D eigenvalue weighted by atomic mass is 9.96. The molecule has 37 heavy (non-hydrogen) atoms. The summed E-state index contributed by atoms with van der Waals surface area (Å²) in [4.78, 5) is 35.6. The average Bonchev–Trinajstić information content (AvgIpc) is 3.24. The van der Waals surface area contributed by atoms with Gasteiger partial charge in [0, 0.05) is 30.1 Å². The summed E-state index contributed by atoms with van der Waals surface area (Å²) in [5.41, 5.74) is 6.58. The van der Waals surface area contributed by atoms with E-state index in [1.54, 1.807) is 20.0 Å². The SMILES string of the molecule is CCOC(=O)c1c(-c2ccc(Cn3c(CC)nc4c(C)cc(C)nc43)cc2)c2ccccc2c(=O)n1C. The van der Waals surface area contributed by atoms with Gasteiger partial charge in [0.1, 0.15) is 17.0 Å². The van der Waals surface area contributed by atoms with Crippen LogP contribution in [0.4, 0.5) is 0 Å². The highest BCUT2D eigenvalue weighted by Gasteiger charge is 2.23. The Morgan fingerprint density at radius 1 is 0.973 bits per heavy atom. The first kappa shape index (κ1) is 24.4. The number of hydrogen-bond acceptors (Lipinski definition) is 5. The number of ether oxygens (including phenoxy) is 1. The Labute approximate surface area is 215 Å². The zero-order chi connectivity index (χ0) is 26.3. The summed E-state index contributed by atoms with van der Waals surface area (Å²) in [6, 6.07) is 17.5. The van der Waals surface area contributed by atoms with Crippen molar-refractivity contribution >= 4 is 27.9 Å². The number of carbonyl (C=O) groups is 1. The fraction of sp³-hybridized carbons (Fsp3) is 0.267. The Kier molecular flexibility index (Phi) is 6.38. The lowest BCUT2D eigenvalue weighted by molar-refractivity contribution is 0.0515. The van der Waals surface area contributed by atoms with E-state index in [0.717, 1.165) is 51.2 Å². The van der Waals surface area contributed by atoms with Crippen LogP contribution in [0.1, 0.15) is 47.0 Å². The van der Waals surface area contributed by atoms with Gasteiger partial charge >= 0.3 is 5.97 Å². The molecule has 5 rings (SSSR count). The van der Waals surface area contributed by atoms with Gasteiger partial charge in [-0.1, -0.05) is 49.4 Å². The van der Waals surface area contributed by atoms with Crippen molar-refractivity contribution in [1.82, 2.24) is 19.1 Å². The van der Waals surface area contributed by atoms with E-state index in [2.05, 4.69) is 36.6 Å². The minimum absolute atomic E-state index is 0.226. The molecule has 0 bridgehead atoms. The molecule has 2 aromatic carbocycles. The van der Waals surface area contributed by atoms with E-state index in [9.17, 15) is 9.59 Å². The van der Waals surface area contributed by atoms with Crippen molar-refractivity contribution < 1.29 is 9.53 Å². The summed E-state index contributed by atoms with van der Waals surface area (Å²) in [5, 5.41) is 1.29. The molecule has 0 fully saturated rings. The van der Waals surface area contributed by atoms with E-state index in [1.165, 1.54) is 4.57 Å². The average molecular weight is 495 g/mol. The number of fused-ring (bicyclic) bond motifs is 2. The summed E-state index contributed by atoms with van der Waals surface area (Å²) < 4.78 is 8.91. The Hall–Kier alpha value is -4.26. The molecule has 0 aliphatic heterocycles. The lowest BCUT2D eigenvalue weighted by Crippen LogP contribution is -2.26. The number of carbonyl (C=O) groups excluding carboxylic acids is 1. The fourth-order valence-electron chi connectivity index (χ4n) is 5.04. The number of imidazole rings is 1. The molecule has 0 aliphatic rings. The van der Waals surface area contributed by atoms with Crippen molar-refractivity contribution in [3.8, 4) is 11.1 Å². The maximum atomic E-state index is 13.0. The van der Waals surface area contributed by atoms with E-state index in [0.29, 0.717) is 17.5 Å². The molecule has 0 saturated heterocycles. The normalized spacial score (nSPS) is 11.4. The maximum absolute atomic E-state index is 13.0. The highest BCUT2D eigenvalue weighted by molar-refractivity contribution is 6.06. The van der Waals surface area contributed by atoms with E-state index in [1.807, 2.05) is 37.3 Å². The number of esters is 1. The number of rotatable bonds is 6. The predicted molar refractivity (Wildman–Crippen MR) is 146 cm³/mol. The first-order chi connectivity index (χ1) is 17.8. The molecule has 5 aromatic rings. The standard InChI is InChI=1S/C30H30N4O3/c1-6-24-32-26-18(3)16-19(4)31-28(26)34(24)17-20-12-14-21(15-13-20)25-22-10-8-9-11-23(22)29(35)33(5)27(25)30(36)37-7-2/h8-16H,6-7,17H2,1-5H3. The molecule has 188 valence electrons. The van der Waals surface area contributed by atoms with Crippen LogP contribution in [0.25, 0.3) is 33.1 Å². The number of benzene rings is 2. The van der Waals surface area contributed by atoms with Crippen molar-refractivity contribution in [3.63, 3.8) is 0 Å². The van der Waals surface area contributed by atoms with E-state index >= 15 is 0 Å². The van der Waals surface area contributed by atoms with Crippen molar-refractivity contribution in [1.29, 1.82) is 0 Å². The van der Waals surface area contributed by atoms with Gasteiger partial charge in [0.15, 0.2) is 5.65 Å². The molecule has 0 radical (unpaired) electrons. The second-order valence-electron chi connectivity index (χ2n) is 9.27. The number of aromatic nitrogens is 4. The quantitative estimate of drug-likeness (QED) is 0.297. The van der Waals surface area contributed by atoms with Gasteiger partial charge in [-0.3, -0.25) is 4.79 Å². The summed E-state index contributed by atoms with van der Waals surface area (Å²) in [5.74, 6) is 0.482. The first-order valence-corrected chi connectivity index (χ1v) is 12.6. The van der Waals surface area contributed by atoms with Crippen LogP contribution < -0.4 is 5.56 Å². The van der Waals surface area contributed by atoms with Gasteiger partial charge in [0.25, 0.3) is 5.56 Å². The third-order valence-electron chi connectivity index (χ3n) is 6.77. The summed E-state index contributed by atoms with van der Waals surface area (Å²) >= 11 is 0. The van der Waals surface area contributed by atoms with Crippen LogP contribution in [0, 0.1) is 13.8 Å².